The van der Waals surface area contributed by atoms with Crippen molar-refractivity contribution in [3.63, 3.8) is 0 Å². The van der Waals surface area contributed by atoms with Crippen LogP contribution in [0.15, 0.2) is 180 Å². The van der Waals surface area contributed by atoms with Crippen LogP contribution in [0.25, 0.3) is 84.5 Å². The zero-order valence-electron chi connectivity index (χ0n) is 27.9. The number of nitrogens with zero attached hydrogens (tertiary/aromatic N) is 1. The first kappa shape index (κ1) is 29.5. The van der Waals surface area contributed by atoms with E-state index in [1.807, 2.05) is 28.7 Å². The van der Waals surface area contributed by atoms with Gasteiger partial charge in [-0.05, 0) is 77.4 Å². The Morgan fingerprint density at radius 2 is 0.904 bits per heavy atom. The third-order valence-electron chi connectivity index (χ3n) is 10.2. The van der Waals surface area contributed by atoms with Crippen molar-refractivity contribution in [3.8, 4) is 22.3 Å². The molecule has 3 heterocycles. The van der Waals surface area contributed by atoms with E-state index in [-0.39, 0.29) is 0 Å². The van der Waals surface area contributed by atoms with Crippen molar-refractivity contribution in [2.45, 2.75) is 0 Å². The summed E-state index contributed by atoms with van der Waals surface area (Å²) in [6.07, 6.45) is 0. The second-order valence-electron chi connectivity index (χ2n) is 13.3. The number of rotatable bonds is 5. The fourth-order valence-electron chi connectivity index (χ4n) is 7.82. The highest BCUT2D eigenvalue weighted by Gasteiger charge is 2.20. The lowest BCUT2D eigenvalue weighted by Gasteiger charge is -2.27. The van der Waals surface area contributed by atoms with Crippen LogP contribution < -0.4 is 4.90 Å². The summed E-state index contributed by atoms with van der Waals surface area (Å²) >= 11 is 3.71. The van der Waals surface area contributed by atoms with Crippen molar-refractivity contribution in [1.29, 1.82) is 0 Å². The van der Waals surface area contributed by atoms with Crippen LogP contribution >= 0.6 is 22.7 Å². The number of fused-ring (bicyclic) bond motifs is 9. The second-order valence-corrected chi connectivity index (χ2v) is 15.5. The van der Waals surface area contributed by atoms with Gasteiger partial charge in [0, 0.05) is 73.7 Å². The van der Waals surface area contributed by atoms with Crippen LogP contribution in [0, 0.1) is 0 Å². The molecule has 0 radical (unpaired) electrons. The van der Waals surface area contributed by atoms with E-state index in [9.17, 15) is 0 Å². The fourth-order valence-corrected chi connectivity index (χ4v) is 10.1. The summed E-state index contributed by atoms with van der Waals surface area (Å²) in [6, 6.07) is 63.8. The molecule has 0 fully saturated rings. The second kappa shape index (κ2) is 11.7. The van der Waals surface area contributed by atoms with Crippen molar-refractivity contribution >= 4 is 102 Å². The van der Waals surface area contributed by atoms with E-state index in [0.29, 0.717) is 0 Å². The smallest absolute Gasteiger partial charge is 0.143 e. The van der Waals surface area contributed by atoms with Crippen molar-refractivity contribution < 1.29 is 4.42 Å². The first-order valence-corrected chi connectivity index (χ1v) is 19.1. The zero-order chi connectivity index (χ0) is 34.2. The summed E-state index contributed by atoms with van der Waals surface area (Å²) in [5.41, 5.74) is 9.65. The first-order chi connectivity index (χ1) is 25.7. The van der Waals surface area contributed by atoms with Gasteiger partial charge in [-0.2, -0.15) is 0 Å². The van der Waals surface area contributed by atoms with Crippen LogP contribution in [0.2, 0.25) is 0 Å². The van der Waals surface area contributed by atoms with Gasteiger partial charge in [0.2, 0.25) is 0 Å². The van der Waals surface area contributed by atoms with Gasteiger partial charge < -0.3 is 9.32 Å². The molecule has 0 bridgehead atoms. The van der Waals surface area contributed by atoms with Crippen molar-refractivity contribution in [1.82, 2.24) is 0 Å². The molecule has 0 saturated heterocycles. The minimum absolute atomic E-state index is 0.902. The molecule has 0 saturated carbocycles. The summed E-state index contributed by atoms with van der Waals surface area (Å²) in [4.78, 5) is 2.43. The number of hydrogen-bond donors (Lipinski definition) is 0. The average Bonchev–Trinajstić information content (AvgIpc) is 3.89. The third-order valence-corrected chi connectivity index (χ3v) is 12.5. The Kier molecular flexibility index (Phi) is 6.63. The molecule has 0 atom stereocenters. The van der Waals surface area contributed by atoms with Gasteiger partial charge in [-0.3, -0.25) is 0 Å². The van der Waals surface area contributed by atoms with E-state index in [4.69, 9.17) is 4.42 Å². The van der Waals surface area contributed by atoms with Crippen LogP contribution in [-0.4, -0.2) is 0 Å². The van der Waals surface area contributed by atoms with Gasteiger partial charge in [0.05, 0.1) is 0 Å². The fraction of sp³-hybridized carbons (Fsp3) is 0. The highest BCUT2D eigenvalue weighted by Crippen LogP contribution is 2.46. The minimum Gasteiger partial charge on any atom is -0.455 e. The van der Waals surface area contributed by atoms with Gasteiger partial charge in [0.25, 0.3) is 0 Å². The summed E-state index contributed by atoms with van der Waals surface area (Å²) in [7, 11) is 0. The number of furan rings is 1. The Hall–Kier alpha value is -6.20. The van der Waals surface area contributed by atoms with E-state index in [0.717, 1.165) is 55.7 Å². The molecule has 2 nitrogen and oxygen atoms in total. The van der Waals surface area contributed by atoms with E-state index in [1.165, 1.54) is 45.9 Å². The zero-order valence-corrected chi connectivity index (χ0v) is 29.5. The summed E-state index contributed by atoms with van der Waals surface area (Å²) in [5, 5.41) is 7.45. The Morgan fingerprint density at radius 1 is 0.346 bits per heavy atom. The summed E-state index contributed by atoms with van der Waals surface area (Å²) in [5.74, 6) is 0. The molecule has 0 aliphatic rings. The van der Waals surface area contributed by atoms with E-state index in [2.05, 4.69) is 175 Å². The van der Waals surface area contributed by atoms with Crippen LogP contribution in [0.1, 0.15) is 0 Å². The van der Waals surface area contributed by atoms with Crippen LogP contribution in [0.3, 0.4) is 0 Å². The predicted molar refractivity (Wildman–Crippen MR) is 225 cm³/mol. The Morgan fingerprint density at radius 3 is 1.60 bits per heavy atom. The summed E-state index contributed by atoms with van der Waals surface area (Å²) in [6.45, 7) is 0. The molecule has 0 unspecified atom stereocenters. The third kappa shape index (κ3) is 4.69. The molecule has 0 N–H and O–H groups in total. The van der Waals surface area contributed by atoms with Crippen LogP contribution in [0.5, 0.6) is 0 Å². The van der Waals surface area contributed by atoms with Crippen LogP contribution in [0.4, 0.5) is 17.1 Å². The number of benzene rings is 8. The van der Waals surface area contributed by atoms with Crippen molar-refractivity contribution in [3.05, 3.63) is 176 Å². The molecule has 3 aromatic heterocycles. The van der Waals surface area contributed by atoms with Gasteiger partial charge in [-0.1, -0.05) is 115 Å². The van der Waals surface area contributed by atoms with Crippen LogP contribution in [-0.2, 0) is 0 Å². The standard InChI is InChI=1S/C48H29NOS2/c1-2-11-30(12-3-1)31-25-32(36-16-10-17-42-37-13-4-7-18-43(37)50-48(36)42)27-35(26-31)49(33-21-23-40-38-14-5-8-19-44(38)51-46(40)28-33)34-22-24-41-39-15-6-9-20-45(39)52-47(41)29-34/h1-29H. The van der Waals surface area contributed by atoms with E-state index >= 15 is 0 Å². The first-order valence-electron chi connectivity index (χ1n) is 17.5. The maximum atomic E-state index is 6.60. The molecule has 52 heavy (non-hydrogen) atoms. The molecule has 11 rings (SSSR count). The largest absolute Gasteiger partial charge is 0.455 e. The Bertz CT molecular complexity index is 3030. The molecule has 11 aromatic rings. The van der Waals surface area contributed by atoms with E-state index < -0.39 is 0 Å². The van der Waals surface area contributed by atoms with E-state index in [1.54, 1.807) is 0 Å². The monoisotopic (exact) mass is 699 g/mol. The van der Waals surface area contributed by atoms with Gasteiger partial charge >= 0.3 is 0 Å². The molecule has 0 aliphatic carbocycles. The van der Waals surface area contributed by atoms with Gasteiger partial charge in [-0.15, -0.1) is 22.7 Å². The molecule has 8 aromatic carbocycles. The maximum absolute atomic E-state index is 6.60. The normalized spacial score (nSPS) is 11.8. The topological polar surface area (TPSA) is 16.4 Å². The molecular weight excluding hydrogens is 671 g/mol. The molecular formula is C48H29NOS2. The van der Waals surface area contributed by atoms with Crippen molar-refractivity contribution in [2.24, 2.45) is 0 Å². The average molecular weight is 700 g/mol. The maximum Gasteiger partial charge on any atom is 0.143 e. The SMILES string of the molecule is c1ccc(-c2cc(-c3cccc4c3oc3ccccc34)cc(N(c3ccc4c(c3)sc3ccccc34)c3ccc4c(c3)sc3ccccc34)c2)cc1. The minimum atomic E-state index is 0.902. The molecule has 4 heteroatoms. The number of para-hydroxylation sites is 2. The van der Waals surface area contributed by atoms with Gasteiger partial charge in [0.15, 0.2) is 0 Å². The summed E-state index contributed by atoms with van der Waals surface area (Å²) < 4.78 is 11.8. The molecule has 244 valence electrons. The number of hydrogen-bond acceptors (Lipinski definition) is 4. The molecule has 0 aliphatic heterocycles. The highest BCUT2D eigenvalue weighted by molar-refractivity contribution is 7.26. The lowest BCUT2D eigenvalue weighted by Crippen LogP contribution is -2.10. The molecule has 0 spiro atoms. The van der Waals surface area contributed by atoms with Crippen molar-refractivity contribution in [2.75, 3.05) is 4.90 Å². The molecule has 0 amide bonds. The van der Waals surface area contributed by atoms with Gasteiger partial charge in [0.1, 0.15) is 11.2 Å². The lowest BCUT2D eigenvalue weighted by atomic mass is 9.96. The number of anilines is 3. The highest BCUT2D eigenvalue weighted by atomic mass is 32.1. The Labute approximate surface area is 308 Å². The Balaban J connectivity index is 1.19. The number of thiophene rings is 2. The predicted octanol–water partition coefficient (Wildman–Crippen LogP) is 15.1. The quantitative estimate of drug-likeness (QED) is 0.178. The lowest BCUT2D eigenvalue weighted by molar-refractivity contribution is 0.670. The van der Waals surface area contributed by atoms with Gasteiger partial charge in [-0.25, -0.2) is 0 Å².